The third-order valence-electron chi connectivity index (χ3n) is 4.52. The van der Waals surface area contributed by atoms with Gasteiger partial charge in [0.2, 0.25) is 0 Å². The molecule has 1 aliphatic carbocycles. The van der Waals surface area contributed by atoms with Crippen LogP contribution in [0.25, 0.3) is 0 Å². The Labute approximate surface area is 147 Å². The molecule has 5 nitrogen and oxygen atoms in total. The van der Waals surface area contributed by atoms with E-state index < -0.39 is 29.9 Å². The summed E-state index contributed by atoms with van der Waals surface area (Å²) >= 11 is 0. The number of halogens is 3. The summed E-state index contributed by atoms with van der Waals surface area (Å²) in [5.74, 6) is -1.13. The number of ketones is 1. The third kappa shape index (κ3) is 4.07. The molecule has 1 aromatic rings. The van der Waals surface area contributed by atoms with Crippen molar-refractivity contribution in [3.63, 3.8) is 0 Å². The Morgan fingerprint density at radius 2 is 2.08 bits per heavy atom. The fourth-order valence-electron chi connectivity index (χ4n) is 3.25. The molecule has 1 N–H and O–H groups in total. The van der Waals surface area contributed by atoms with Crippen LogP contribution in [0, 0.1) is 11.8 Å². The van der Waals surface area contributed by atoms with E-state index in [1.165, 1.54) is 24.3 Å². The molecule has 2 fully saturated rings. The maximum atomic E-state index is 12.6. The van der Waals surface area contributed by atoms with E-state index in [9.17, 15) is 27.9 Å². The topological polar surface area (TPSA) is 72.8 Å². The standard InChI is InChI=1S/C18H17F3O5/c19-18(20,21)10-2-1-3-12(6-10)25-9-11(22)4-5-13-14-7-17(24)26-16(14)8-15(13)23/h1-6,11,13-14,16,22H,7-9H2/b5-4+/t11-,13-,14-,16+/m1/s1. The second-order valence-corrected chi connectivity index (χ2v) is 6.38. The van der Waals surface area contributed by atoms with Gasteiger partial charge in [-0.1, -0.05) is 18.2 Å². The minimum atomic E-state index is -4.47. The minimum Gasteiger partial charge on any atom is -0.491 e. The number of rotatable bonds is 5. The molecule has 140 valence electrons. The quantitative estimate of drug-likeness (QED) is 0.637. The van der Waals surface area contributed by atoms with E-state index in [-0.39, 0.29) is 42.9 Å². The molecule has 0 amide bonds. The van der Waals surface area contributed by atoms with Crippen molar-refractivity contribution in [2.75, 3.05) is 6.61 Å². The molecule has 8 heteroatoms. The highest BCUT2D eigenvalue weighted by Crippen LogP contribution is 2.39. The largest absolute Gasteiger partial charge is 0.491 e. The van der Waals surface area contributed by atoms with Gasteiger partial charge in [0.05, 0.1) is 12.0 Å². The van der Waals surface area contributed by atoms with Crippen LogP contribution in [0.5, 0.6) is 5.75 Å². The number of hydrogen-bond donors (Lipinski definition) is 1. The number of carbonyl (C=O) groups excluding carboxylic acids is 2. The molecule has 3 rings (SSSR count). The summed E-state index contributed by atoms with van der Waals surface area (Å²) in [7, 11) is 0. The Morgan fingerprint density at radius 3 is 2.81 bits per heavy atom. The number of carbonyl (C=O) groups is 2. The number of aliphatic hydroxyl groups is 1. The molecule has 1 saturated carbocycles. The monoisotopic (exact) mass is 370 g/mol. The van der Waals surface area contributed by atoms with E-state index in [0.29, 0.717) is 0 Å². The van der Waals surface area contributed by atoms with Gasteiger partial charge < -0.3 is 14.6 Å². The predicted octanol–water partition coefficient (Wildman–Crippen LogP) is 2.52. The molecule has 2 aliphatic rings. The highest BCUT2D eigenvalue weighted by atomic mass is 19.4. The van der Waals surface area contributed by atoms with E-state index in [1.807, 2.05) is 0 Å². The first kappa shape index (κ1) is 18.4. The van der Waals surface area contributed by atoms with Crippen LogP contribution in [0.15, 0.2) is 36.4 Å². The van der Waals surface area contributed by atoms with Crippen molar-refractivity contribution in [3.8, 4) is 5.75 Å². The van der Waals surface area contributed by atoms with Crippen LogP contribution in [0.1, 0.15) is 18.4 Å². The van der Waals surface area contributed by atoms with Crippen molar-refractivity contribution < 1.29 is 37.3 Å². The normalized spacial score (nSPS) is 26.8. The Hall–Kier alpha value is -2.35. The number of alkyl halides is 3. The van der Waals surface area contributed by atoms with Crippen LogP contribution in [0.2, 0.25) is 0 Å². The number of Topliss-reactive ketones (excluding diaryl/α,β-unsaturated/α-hetero) is 1. The van der Waals surface area contributed by atoms with E-state index in [4.69, 9.17) is 9.47 Å². The van der Waals surface area contributed by atoms with Gasteiger partial charge >= 0.3 is 12.1 Å². The maximum Gasteiger partial charge on any atom is 0.416 e. The maximum absolute atomic E-state index is 12.6. The fraction of sp³-hybridized carbons (Fsp3) is 0.444. The molecular weight excluding hydrogens is 353 g/mol. The van der Waals surface area contributed by atoms with Crippen molar-refractivity contribution in [3.05, 3.63) is 42.0 Å². The zero-order chi connectivity index (χ0) is 18.9. The molecule has 1 aromatic carbocycles. The lowest BCUT2D eigenvalue weighted by Crippen LogP contribution is -2.18. The van der Waals surface area contributed by atoms with Gasteiger partial charge in [-0.25, -0.2) is 0 Å². The van der Waals surface area contributed by atoms with Gasteiger partial charge in [-0.3, -0.25) is 9.59 Å². The summed E-state index contributed by atoms with van der Waals surface area (Å²) in [6, 6.07) is 4.35. The molecule has 26 heavy (non-hydrogen) atoms. The number of ether oxygens (including phenoxy) is 2. The van der Waals surface area contributed by atoms with Gasteiger partial charge in [-0.2, -0.15) is 13.2 Å². The van der Waals surface area contributed by atoms with E-state index >= 15 is 0 Å². The molecular formula is C18H17F3O5. The molecule has 0 radical (unpaired) electrons. The smallest absolute Gasteiger partial charge is 0.416 e. The van der Waals surface area contributed by atoms with Crippen LogP contribution < -0.4 is 4.74 Å². The van der Waals surface area contributed by atoms with Gasteiger partial charge in [0.1, 0.15) is 30.3 Å². The molecule has 0 aromatic heterocycles. The summed E-state index contributed by atoms with van der Waals surface area (Å²) in [4.78, 5) is 23.3. The number of allylic oxidation sites excluding steroid dienone is 1. The minimum absolute atomic E-state index is 0.0147. The lowest BCUT2D eigenvalue weighted by Gasteiger charge is -2.13. The van der Waals surface area contributed by atoms with Crippen LogP contribution in [0.3, 0.4) is 0 Å². The number of aliphatic hydroxyl groups excluding tert-OH is 1. The van der Waals surface area contributed by atoms with Gasteiger partial charge in [0.25, 0.3) is 0 Å². The molecule has 0 bridgehead atoms. The SMILES string of the molecule is O=C1C[C@H]2[C@H](CC(=O)[C@@H]2/C=C/[C@@H](O)COc2cccc(C(F)(F)F)c2)O1. The molecule has 0 spiro atoms. The highest BCUT2D eigenvalue weighted by molar-refractivity contribution is 5.89. The first-order valence-corrected chi connectivity index (χ1v) is 8.12. The number of fused-ring (bicyclic) bond motifs is 1. The van der Waals surface area contributed by atoms with E-state index in [0.717, 1.165) is 12.1 Å². The molecule has 1 saturated heterocycles. The van der Waals surface area contributed by atoms with Crippen molar-refractivity contribution in [2.24, 2.45) is 11.8 Å². The van der Waals surface area contributed by atoms with Gasteiger partial charge in [0.15, 0.2) is 0 Å². The Bertz CT molecular complexity index is 728. The molecule has 1 heterocycles. The number of esters is 1. The first-order chi connectivity index (χ1) is 12.2. The van der Waals surface area contributed by atoms with Crippen LogP contribution in [0.4, 0.5) is 13.2 Å². The second kappa shape index (κ2) is 7.11. The summed E-state index contributed by atoms with van der Waals surface area (Å²) in [5.41, 5.74) is -0.839. The van der Waals surface area contributed by atoms with Crippen molar-refractivity contribution in [1.29, 1.82) is 0 Å². The summed E-state index contributed by atoms with van der Waals surface area (Å²) in [5, 5.41) is 9.94. The van der Waals surface area contributed by atoms with Crippen molar-refractivity contribution >= 4 is 11.8 Å². The Balaban J connectivity index is 1.56. The lowest BCUT2D eigenvalue weighted by molar-refractivity contribution is -0.142. The van der Waals surface area contributed by atoms with Crippen LogP contribution in [-0.4, -0.2) is 35.7 Å². The summed E-state index contributed by atoms with van der Waals surface area (Å²) in [6.45, 7) is -0.262. The number of benzene rings is 1. The van der Waals surface area contributed by atoms with Crippen molar-refractivity contribution in [2.45, 2.75) is 31.2 Å². The average Bonchev–Trinajstić information content (AvgIpc) is 3.05. The van der Waals surface area contributed by atoms with Crippen LogP contribution >= 0.6 is 0 Å². The van der Waals surface area contributed by atoms with Gasteiger partial charge in [0, 0.05) is 18.3 Å². The first-order valence-electron chi connectivity index (χ1n) is 8.12. The van der Waals surface area contributed by atoms with E-state index in [2.05, 4.69) is 0 Å². The molecule has 0 unspecified atom stereocenters. The average molecular weight is 370 g/mol. The fourth-order valence-corrected chi connectivity index (χ4v) is 3.25. The Kier molecular flexibility index (Phi) is 5.04. The van der Waals surface area contributed by atoms with Crippen molar-refractivity contribution in [1.82, 2.24) is 0 Å². The number of hydrogen-bond acceptors (Lipinski definition) is 5. The van der Waals surface area contributed by atoms with E-state index in [1.54, 1.807) is 0 Å². The zero-order valence-electron chi connectivity index (χ0n) is 13.6. The van der Waals surface area contributed by atoms with Gasteiger partial charge in [-0.15, -0.1) is 0 Å². The second-order valence-electron chi connectivity index (χ2n) is 6.38. The molecule has 4 atom stereocenters. The summed E-state index contributed by atoms with van der Waals surface area (Å²) in [6.07, 6.45) is -2.75. The summed E-state index contributed by atoms with van der Waals surface area (Å²) < 4.78 is 48.2. The van der Waals surface area contributed by atoms with Gasteiger partial charge in [-0.05, 0) is 18.2 Å². The Morgan fingerprint density at radius 1 is 1.31 bits per heavy atom. The molecule has 1 aliphatic heterocycles. The zero-order valence-corrected chi connectivity index (χ0v) is 13.6. The third-order valence-corrected chi connectivity index (χ3v) is 4.52. The highest BCUT2D eigenvalue weighted by Gasteiger charge is 2.48. The lowest BCUT2D eigenvalue weighted by atomic mass is 9.92. The van der Waals surface area contributed by atoms with Crippen LogP contribution in [-0.2, 0) is 20.5 Å². The predicted molar refractivity (Wildman–Crippen MR) is 83.2 cm³/mol.